The summed E-state index contributed by atoms with van der Waals surface area (Å²) in [6, 6.07) is 15.4. The van der Waals surface area contributed by atoms with E-state index < -0.39 is 17.7 Å². The van der Waals surface area contributed by atoms with Crippen LogP contribution in [0.15, 0.2) is 64.6 Å². The fourth-order valence-corrected chi connectivity index (χ4v) is 4.33. The number of aryl methyl sites for hydroxylation is 2. The highest BCUT2D eigenvalue weighted by atomic mass is 16.5. The smallest absolute Gasteiger partial charge is 0.300 e. The van der Waals surface area contributed by atoms with Crippen molar-refractivity contribution in [3.8, 4) is 5.75 Å². The molecule has 4 rings (SSSR count). The van der Waals surface area contributed by atoms with Crippen LogP contribution in [0.2, 0.25) is 0 Å². The van der Waals surface area contributed by atoms with Crippen LogP contribution in [0, 0.1) is 13.8 Å². The molecule has 1 saturated heterocycles. The Morgan fingerprint density at radius 2 is 1.71 bits per heavy atom. The van der Waals surface area contributed by atoms with Crippen molar-refractivity contribution in [3.63, 3.8) is 0 Å². The molecule has 2 heterocycles. The first-order valence-corrected chi connectivity index (χ1v) is 11.7. The number of carbonyl (C=O) groups excluding carboxylic acids is 2. The lowest BCUT2D eigenvalue weighted by Gasteiger charge is -2.24. The Balaban J connectivity index is 1.91. The second-order valence-corrected chi connectivity index (χ2v) is 9.82. The number of benzene rings is 2. The number of hydrogen-bond acceptors (Lipinski definition) is 5. The van der Waals surface area contributed by atoms with Gasteiger partial charge in [0.15, 0.2) is 0 Å². The summed E-state index contributed by atoms with van der Waals surface area (Å²) in [7, 11) is 0. The Morgan fingerprint density at radius 1 is 1.03 bits per heavy atom. The molecular formula is C29H31NO5. The van der Waals surface area contributed by atoms with Gasteiger partial charge in [0.1, 0.15) is 29.1 Å². The van der Waals surface area contributed by atoms with E-state index in [4.69, 9.17) is 9.15 Å². The Kier molecular flexibility index (Phi) is 6.32. The highest BCUT2D eigenvalue weighted by Crippen LogP contribution is 2.43. The van der Waals surface area contributed by atoms with Crippen molar-refractivity contribution in [1.82, 2.24) is 0 Å². The van der Waals surface area contributed by atoms with Crippen molar-refractivity contribution in [1.29, 1.82) is 0 Å². The fraction of sp³-hybridized carbons (Fsp3) is 0.310. The molecule has 35 heavy (non-hydrogen) atoms. The third kappa shape index (κ3) is 4.48. The second kappa shape index (κ2) is 9.10. The zero-order valence-electron chi connectivity index (χ0n) is 21.0. The van der Waals surface area contributed by atoms with Crippen LogP contribution in [0.1, 0.15) is 61.9 Å². The van der Waals surface area contributed by atoms with E-state index in [1.807, 2.05) is 32.0 Å². The van der Waals surface area contributed by atoms with Crippen LogP contribution in [0.25, 0.3) is 5.76 Å². The van der Waals surface area contributed by atoms with Crippen LogP contribution >= 0.6 is 0 Å². The fourth-order valence-electron chi connectivity index (χ4n) is 4.33. The normalized spacial score (nSPS) is 17.8. The molecule has 0 bridgehead atoms. The molecular weight excluding hydrogens is 442 g/mol. The number of amides is 1. The summed E-state index contributed by atoms with van der Waals surface area (Å²) in [4.78, 5) is 28.1. The van der Waals surface area contributed by atoms with Gasteiger partial charge in [-0.3, -0.25) is 14.5 Å². The number of Topliss-reactive ketones (excluding diaryl/α,β-unsaturated/α-hetero) is 1. The minimum Gasteiger partial charge on any atom is -0.507 e. The van der Waals surface area contributed by atoms with E-state index in [0.29, 0.717) is 35.1 Å². The first-order chi connectivity index (χ1) is 16.5. The molecule has 0 saturated carbocycles. The van der Waals surface area contributed by atoms with Crippen LogP contribution in [0.3, 0.4) is 0 Å². The maximum Gasteiger partial charge on any atom is 0.300 e. The van der Waals surface area contributed by atoms with Crippen LogP contribution in [-0.2, 0) is 15.0 Å². The molecule has 1 atom stereocenters. The first kappa shape index (κ1) is 24.3. The molecule has 1 unspecified atom stereocenters. The molecule has 1 aliphatic rings. The minimum absolute atomic E-state index is 0.00685. The third-order valence-corrected chi connectivity index (χ3v) is 6.26. The Hall–Kier alpha value is -3.80. The van der Waals surface area contributed by atoms with Gasteiger partial charge in [0.2, 0.25) is 0 Å². The number of hydrogen-bond donors (Lipinski definition) is 1. The number of furan rings is 1. The van der Waals surface area contributed by atoms with Gasteiger partial charge in [-0.25, -0.2) is 0 Å². The molecule has 0 spiro atoms. The zero-order valence-corrected chi connectivity index (χ0v) is 21.0. The van der Waals surface area contributed by atoms with Crippen molar-refractivity contribution in [2.45, 2.75) is 53.0 Å². The highest BCUT2D eigenvalue weighted by Gasteiger charge is 2.48. The summed E-state index contributed by atoms with van der Waals surface area (Å²) in [5.74, 6) is 0.0210. The summed E-state index contributed by atoms with van der Waals surface area (Å²) in [5.41, 5.74) is 2.69. The van der Waals surface area contributed by atoms with E-state index in [-0.39, 0.29) is 16.7 Å². The molecule has 6 nitrogen and oxygen atoms in total. The topological polar surface area (TPSA) is 80.0 Å². The molecule has 1 aromatic heterocycles. The summed E-state index contributed by atoms with van der Waals surface area (Å²) in [6.07, 6.45) is 0. The number of nitrogens with zero attached hydrogens (tertiary/aromatic N) is 1. The van der Waals surface area contributed by atoms with Crippen molar-refractivity contribution in [2.75, 3.05) is 11.5 Å². The van der Waals surface area contributed by atoms with E-state index in [0.717, 1.165) is 11.1 Å². The van der Waals surface area contributed by atoms with E-state index in [2.05, 4.69) is 20.8 Å². The van der Waals surface area contributed by atoms with Gasteiger partial charge >= 0.3 is 0 Å². The molecule has 2 aromatic carbocycles. The average molecular weight is 474 g/mol. The Morgan fingerprint density at radius 3 is 2.29 bits per heavy atom. The average Bonchev–Trinajstić information content (AvgIpc) is 3.34. The molecule has 3 aromatic rings. The van der Waals surface area contributed by atoms with Crippen LogP contribution in [-0.4, -0.2) is 23.4 Å². The monoisotopic (exact) mass is 473 g/mol. The van der Waals surface area contributed by atoms with E-state index in [1.165, 1.54) is 4.90 Å². The van der Waals surface area contributed by atoms with Crippen molar-refractivity contribution in [3.05, 3.63) is 88.4 Å². The maximum absolute atomic E-state index is 13.4. The molecule has 1 N–H and O–H groups in total. The molecule has 182 valence electrons. The van der Waals surface area contributed by atoms with Crippen LogP contribution in [0.4, 0.5) is 5.69 Å². The van der Waals surface area contributed by atoms with E-state index >= 15 is 0 Å². The van der Waals surface area contributed by atoms with Crippen LogP contribution < -0.4 is 9.64 Å². The highest BCUT2D eigenvalue weighted by molar-refractivity contribution is 6.51. The molecule has 1 aliphatic heterocycles. The molecule has 1 amide bonds. The van der Waals surface area contributed by atoms with E-state index in [9.17, 15) is 14.7 Å². The van der Waals surface area contributed by atoms with Crippen molar-refractivity contribution < 1.29 is 23.8 Å². The molecule has 1 fully saturated rings. The lowest BCUT2D eigenvalue weighted by molar-refractivity contribution is -0.132. The predicted octanol–water partition coefficient (Wildman–Crippen LogP) is 6.22. The number of ether oxygens (including phenoxy) is 1. The first-order valence-electron chi connectivity index (χ1n) is 11.7. The molecule has 0 radical (unpaired) electrons. The van der Waals surface area contributed by atoms with Gasteiger partial charge in [-0.15, -0.1) is 0 Å². The van der Waals surface area contributed by atoms with Gasteiger partial charge in [-0.1, -0.05) is 32.9 Å². The van der Waals surface area contributed by atoms with E-state index in [1.54, 1.807) is 43.3 Å². The number of aliphatic hydroxyl groups excluding tert-OH is 1. The van der Waals surface area contributed by atoms with Gasteiger partial charge in [0.25, 0.3) is 11.7 Å². The molecule has 6 heteroatoms. The summed E-state index contributed by atoms with van der Waals surface area (Å²) in [5, 5.41) is 11.5. The Labute approximate surface area is 205 Å². The SMILES string of the molecule is CCOc1ccc(N2C(=O)C(=O)/C(=C(/O)c3cc(C(C)(C)C)ccc3C)C2c2ccc(C)o2)cc1. The van der Waals surface area contributed by atoms with Gasteiger partial charge in [0, 0.05) is 11.3 Å². The van der Waals surface area contributed by atoms with Crippen molar-refractivity contribution >= 4 is 23.1 Å². The van der Waals surface area contributed by atoms with Gasteiger partial charge in [-0.2, -0.15) is 0 Å². The number of ketones is 1. The van der Waals surface area contributed by atoms with Crippen molar-refractivity contribution in [2.24, 2.45) is 0 Å². The standard InChI is InChI=1S/C29H31NO5/c1-7-34-21-13-11-20(12-14-21)30-25(23-15-9-18(3)35-23)24(27(32)28(30)33)26(31)22-16-19(29(4,5)6)10-8-17(22)2/h8-16,25,31H,7H2,1-6H3/b26-24+. The summed E-state index contributed by atoms with van der Waals surface area (Å²) < 4.78 is 11.4. The van der Waals surface area contributed by atoms with Gasteiger partial charge in [0.05, 0.1) is 12.2 Å². The number of rotatable bonds is 5. The number of aliphatic hydroxyl groups is 1. The third-order valence-electron chi connectivity index (χ3n) is 6.26. The lowest BCUT2D eigenvalue weighted by Crippen LogP contribution is -2.29. The summed E-state index contributed by atoms with van der Waals surface area (Å²) in [6.45, 7) is 12.3. The van der Waals surface area contributed by atoms with Crippen LogP contribution in [0.5, 0.6) is 5.75 Å². The zero-order chi connectivity index (χ0) is 25.5. The van der Waals surface area contributed by atoms with Gasteiger partial charge < -0.3 is 14.3 Å². The second-order valence-electron chi connectivity index (χ2n) is 9.82. The largest absolute Gasteiger partial charge is 0.507 e. The summed E-state index contributed by atoms with van der Waals surface area (Å²) >= 11 is 0. The minimum atomic E-state index is -0.903. The lowest BCUT2D eigenvalue weighted by atomic mass is 9.84. The number of carbonyl (C=O) groups is 2. The predicted molar refractivity (Wildman–Crippen MR) is 136 cm³/mol. The van der Waals surface area contributed by atoms with Gasteiger partial charge in [-0.05, 0) is 79.8 Å². The molecule has 0 aliphatic carbocycles. The quantitative estimate of drug-likeness (QED) is 0.270. The number of anilines is 1. The maximum atomic E-state index is 13.4. The Bertz CT molecular complexity index is 1310.